The normalized spacial score (nSPS) is 10.7. The Morgan fingerprint density at radius 1 is 1.35 bits per heavy atom. The van der Waals surface area contributed by atoms with Gasteiger partial charge in [-0.15, -0.1) is 0 Å². The fraction of sp³-hybridized carbons (Fsp3) is 0.143. The van der Waals surface area contributed by atoms with Gasteiger partial charge in [0.05, 0.1) is 19.7 Å². The number of hydrazone groups is 1. The van der Waals surface area contributed by atoms with Gasteiger partial charge in [-0.05, 0) is 52.4 Å². The second kappa shape index (κ2) is 7.09. The lowest BCUT2D eigenvalue weighted by Crippen LogP contribution is -2.19. The number of amides is 1. The Morgan fingerprint density at radius 3 is 2.70 bits per heavy atom. The van der Waals surface area contributed by atoms with E-state index < -0.39 is 0 Å². The molecular weight excluding hydrogens is 371 g/mol. The van der Waals surface area contributed by atoms with Crippen molar-refractivity contribution in [1.29, 1.82) is 0 Å². The summed E-state index contributed by atoms with van der Waals surface area (Å²) < 4.78 is 11.1. The fourth-order valence-corrected chi connectivity index (χ4v) is 1.97. The summed E-state index contributed by atoms with van der Waals surface area (Å²) in [5.74, 6) is 1.17. The minimum atomic E-state index is -0.187. The molecule has 1 aromatic heterocycles. The first-order chi connectivity index (χ1) is 9.67. The van der Waals surface area contributed by atoms with Gasteiger partial charge in [0.15, 0.2) is 3.77 Å². The summed E-state index contributed by atoms with van der Waals surface area (Å²) in [5.41, 5.74) is 3.35. The van der Waals surface area contributed by atoms with E-state index in [9.17, 15) is 4.79 Å². The Hall–Kier alpha value is -1.83. The zero-order valence-corrected chi connectivity index (χ0v) is 13.0. The summed E-state index contributed by atoms with van der Waals surface area (Å²) in [4.78, 5) is 11.7. The zero-order valence-electron chi connectivity index (χ0n) is 10.8. The van der Waals surface area contributed by atoms with Gasteiger partial charge in [0.2, 0.25) is 5.91 Å². The Morgan fingerprint density at radius 2 is 2.10 bits per heavy atom. The van der Waals surface area contributed by atoms with Gasteiger partial charge < -0.3 is 9.15 Å². The maximum absolute atomic E-state index is 11.7. The molecule has 0 fully saturated rings. The van der Waals surface area contributed by atoms with Crippen molar-refractivity contribution in [3.63, 3.8) is 0 Å². The van der Waals surface area contributed by atoms with Gasteiger partial charge in [0.25, 0.3) is 0 Å². The Labute approximate surface area is 130 Å². The minimum absolute atomic E-state index is 0.187. The molecule has 0 unspecified atom stereocenters. The van der Waals surface area contributed by atoms with Gasteiger partial charge >= 0.3 is 0 Å². The summed E-state index contributed by atoms with van der Waals surface area (Å²) in [6.45, 7) is 0. The van der Waals surface area contributed by atoms with Crippen LogP contribution in [0, 0.1) is 3.77 Å². The van der Waals surface area contributed by atoms with Gasteiger partial charge in [-0.2, -0.15) is 5.10 Å². The molecule has 1 heterocycles. The average Bonchev–Trinajstić information content (AvgIpc) is 2.85. The molecule has 0 saturated heterocycles. The maximum Gasteiger partial charge on any atom is 0.244 e. The summed E-state index contributed by atoms with van der Waals surface area (Å²) in [6, 6.07) is 10.9. The minimum Gasteiger partial charge on any atom is -0.497 e. The molecule has 0 aliphatic rings. The number of benzene rings is 1. The molecule has 0 spiro atoms. The molecule has 2 rings (SSSR count). The van der Waals surface area contributed by atoms with Crippen LogP contribution in [0.5, 0.6) is 5.75 Å². The lowest BCUT2D eigenvalue weighted by Gasteiger charge is -2.02. The van der Waals surface area contributed by atoms with Gasteiger partial charge in [0.1, 0.15) is 11.5 Å². The zero-order chi connectivity index (χ0) is 14.4. The van der Waals surface area contributed by atoms with Gasteiger partial charge in [-0.25, -0.2) is 5.43 Å². The number of nitrogens with one attached hydrogen (secondary N) is 1. The van der Waals surface area contributed by atoms with E-state index in [2.05, 4.69) is 33.1 Å². The van der Waals surface area contributed by atoms with Crippen LogP contribution in [0.1, 0.15) is 11.3 Å². The van der Waals surface area contributed by atoms with Crippen molar-refractivity contribution >= 4 is 34.7 Å². The van der Waals surface area contributed by atoms with E-state index in [4.69, 9.17) is 9.15 Å². The Bertz CT molecular complexity index is 605. The van der Waals surface area contributed by atoms with Gasteiger partial charge in [-0.1, -0.05) is 12.1 Å². The molecule has 6 heteroatoms. The predicted octanol–water partition coefficient (Wildman–Crippen LogP) is 2.59. The standard InChI is InChI=1S/C14H13IN2O3/c1-19-11-4-2-10(3-5-11)8-14(18)17-16-9-12-6-7-13(15)20-12/h2-7,9H,8H2,1H3,(H,17,18)/b16-9+. The molecule has 2 aromatic rings. The van der Waals surface area contributed by atoms with E-state index in [-0.39, 0.29) is 12.3 Å². The molecule has 0 aliphatic carbocycles. The topological polar surface area (TPSA) is 63.8 Å². The fourth-order valence-electron chi connectivity index (χ4n) is 1.53. The molecule has 0 radical (unpaired) electrons. The number of rotatable bonds is 5. The predicted molar refractivity (Wildman–Crippen MR) is 83.9 cm³/mol. The highest BCUT2D eigenvalue weighted by Gasteiger charge is 2.02. The number of methoxy groups -OCH3 is 1. The molecule has 20 heavy (non-hydrogen) atoms. The van der Waals surface area contributed by atoms with Crippen LogP contribution in [-0.2, 0) is 11.2 Å². The molecule has 104 valence electrons. The van der Waals surface area contributed by atoms with Crippen molar-refractivity contribution in [2.75, 3.05) is 7.11 Å². The molecule has 5 nitrogen and oxygen atoms in total. The van der Waals surface area contributed by atoms with Crippen LogP contribution in [0.2, 0.25) is 0 Å². The SMILES string of the molecule is COc1ccc(CC(=O)N/N=C/c2ccc(I)o2)cc1. The highest BCUT2D eigenvalue weighted by Crippen LogP contribution is 2.11. The molecule has 1 aromatic carbocycles. The van der Waals surface area contributed by atoms with Gasteiger partial charge in [-0.3, -0.25) is 4.79 Å². The monoisotopic (exact) mass is 384 g/mol. The van der Waals surface area contributed by atoms with Crippen LogP contribution in [-0.4, -0.2) is 19.2 Å². The van der Waals surface area contributed by atoms with E-state index in [1.807, 2.05) is 30.3 Å². The Balaban J connectivity index is 1.84. The summed E-state index contributed by atoms with van der Waals surface area (Å²) >= 11 is 2.06. The molecule has 0 bridgehead atoms. The second-order valence-corrected chi connectivity index (χ2v) is 5.02. The highest BCUT2D eigenvalue weighted by atomic mass is 127. The van der Waals surface area contributed by atoms with E-state index in [1.165, 1.54) is 6.21 Å². The number of furan rings is 1. The third-order valence-electron chi connectivity index (χ3n) is 2.50. The first-order valence-corrected chi connectivity index (χ1v) is 6.95. The third kappa shape index (κ3) is 4.37. The van der Waals surface area contributed by atoms with E-state index >= 15 is 0 Å². The van der Waals surface area contributed by atoms with E-state index in [0.29, 0.717) is 5.76 Å². The molecular formula is C14H13IN2O3. The van der Waals surface area contributed by atoms with Crippen LogP contribution in [0.3, 0.4) is 0 Å². The van der Waals surface area contributed by atoms with Crippen molar-refractivity contribution in [3.8, 4) is 5.75 Å². The van der Waals surface area contributed by atoms with Gasteiger partial charge in [0, 0.05) is 0 Å². The number of ether oxygens (including phenoxy) is 1. The van der Waals surface area contributed by atoms with Crippen molar-refractivity contribution in [1.82, 2.24) is 5.43 Å². The first kappa shape index (κ1) is 14.6. The number of nitrogens with zero attached hydrogens (tertiary/aromatic N) is 1. The molecule has 0 aliphatic heterocycles. The van der Waals surface area contributed by atoms with Crippen LogP contribution in [0.15, 0.2) is 45.9 Å². The number of hydrogen-bond donors (Lipinski definition) is 1. The van der Waals surface area contributed by atoms with Crippen LogP contribution in [0.4, 0.5) is 0 Å². The number of halogens is 1. The molecule has 0 saturated carbocycles. The van der Waals surface area contributed by atoms with Crippen molar-refractivity contribution in [2.24, 2.45) is 5.10 Å². The number of hydrogen-bond acceptors (Lipinski definition) is 4. The molecule has 1 amide bonds. The van der Waals surface area contributed by atoms with E-state index in [1.54, 1.807) is 13.2 Å². The number of carbonyl (C=O) groups is 1. The van der Waals surface area contributed by atoms with Crippen LogP contribution >= 0.6 is 22.6 Å². The lowest BCUT2D eigenvalue weighted by molar-refractivity contribution is -0.120. The maximum atomic E-state index is 11.7. The lowest BCUT2D eigenvalue weighted by atomic mass is 10.1. The Kier molecular flexibility index (Phi) is 5.16. The largest absolute Gasteiger partial charge is 0.497 e. The van der Waals surface area contributed by atoms with Crippen molar-refractivity contribution in [3.05, 3.63) is 51.5 Å². The number of carbonyl (C=O) groups excluding carboxylic acids is 1. The first-order valence-electron chi connectivity index (χ1n) is 5.87. The average molecular weight is 384 g/mol. The highest BCUT2D eigenvalue weighted by molar-refractivity contribution is 14.1. The van der Waals surface area contributed by atoms with E-state index in [0.717, 1.165) is 15.1 Å². The third-order valence-corrected chi connectivity index (χ3v) is 3.08. The quantitative estimate of drug-likeness (QED) is 0.490. The second-order valence-electron chi connectivity index (χ2n) is 3.96. The van der Waals surface area contributed by atoms with Crippen LogP contribution < -0.4 is 10.2 Å². The summed E-state index contributed by atoms with van der Waals surface area (Å²) in [6.07, 6.45) is 1.73. The smallest absolute Gasteiger partial charge is 0.244 e. The summed E-state index contributed by atoms with van der Waals surface area (Å²) in [7, 11) is 1.60. The summed E-state index contributed by atoms with van der Waals surface area (Å²) in [5, 5.41) is 3.84. The van der Waals surface area contributed by atoms with Crippen molar-refractivity contribution < 1.29 is 13.9 Å². The molecule has 1 N–H and O–H groups in total. The molecule has 0 atom stereocenters. The van der Waals surface area contributed by atoms with Crippen LogP contribution in [0.25, 0.3) is 0 Å². The van der Waals surface area contributed by atoms with Crippen molar-refractivity contribution in [2.45, 2.75) is 6.42 Å².